The Kier molecular flexibility index (Phi) is 3.12. The zero-order valence-electron chi connectivity index (χ0n) is 10.0. The van der Waals surface area contributed by atoms with E-state index in [4.69, 9.17) is 0 Å². The molecule has 1 aliphatic carbocycles. The minimum Gasteiger partial charge on any atom is -0.350 e. The van der Waals surface area contributed by atoms with Crippen molar-refractivity contribution in [3.63, 3.8) is 0 Å². The van der Waals surface area contributed by atoms with Gasteiger partial charge in [0.15, 0.2) is 0 Å². The number of aryl methyl sites for hydroxylation is 1. The van der Waals surface area contributed by atoms with Crippen LogP contribution in [0.2, 0.25) is 0 Å². The van der Waals surface area contributed by atoms with Crippen molar-refractivity contribution in [1.82, 2.24) is 15.0 Å². The topological polar surface area (TPSA) is 20.2 Å². The molecule has 1 aromatic heterocycles. The molecule has 1 N–H and O–H groups in total. The number of rotatable bonds is 3. The second-order valence-electron chi connectivity index (χ2n) is 4.45. The van der Waals surface area contributed by atoms with Gasteiger partial charge in [0.25, 0.3) is 0 Å². The average Bonchev–Trinajstić information content (AvgIpc) is 2.57. The Hall–Kier alpha value is -0.800. The van der Waals surface area contributed by atoms with Crippen LogP contribution in [0.5, 0.6) is 0 Å². The summed E-state index contributed by atoms with van der Waals surface area (Å²) < 4.78 is 2.38. The molecule has 0 atom stereocenters. The molecule has 0 bridgehead atoms. The molecule has 3 nitrogen and oxygen atoms in total. The lowest BCUT2D eigenvalue weighted by atomic mass is 9.98. The fourth-order valence-electron chi connectivity index (χ4n) is 2.40. The van der Waals surface area contributed by atoms with Crippen molar-refractivity contribution in [3.8, 4) is 0 Å². The molecule has 1 aromatic rings. The molecular formula is C12H21N3. The van der Waals surface area contributed by atoms with Crippen molar-refractivity contribution in [2.24, 2.45) is 7.05 Å². The third-order valence-corrected chi connectivity index (χ3v) is 3.44. The standard InChI is InChI=1S/C12H21N3/c1-13-14(2)9-11-8-10-6-4-5-7-12(10)15(11)3/h8,13H,4-7,9H2,1-3H3. The first-order valence-corrected chi connectivity index (χ1v) is 5.77. The van der Waals surface area contributed by atoms with E-state index in [1.807, 2.05) is 7.05 Å². The Morgan fingerprint density at radius 2 is 2.13 bits per heavy atom. The lowest BCUT2D eigenvalue weighted by Gasteiger charge is -2.16. The molecule has 0 unspecified atom stereocenters. The van der Waals surface area contributed by atoms with Crippen LogP contribution in [0.3, 0.4) is 0 Å². The Morgan fingerprint density at radius 3 is 2.80 bits per heavy atom. The molecule has 1 aliphatic rings. The Bertz CT molecular complexity index is 341. The van der Waals surface area contributed by atoms with Crippen LogP contribution in [0, 0.1) is 0 Å². The van der Waals surface area contributed by atoms with E-state index in [-0.39, 0.29) is 0 Å². The number of hydrogen-bond acceptors (Lipinski definition) is 2. The first kappa shape index (κ1) is 10.7. The van der Waals surface area contributed by atoms with E-state index in [9.17, 15) is 0 Å². The monoisotopic (exact) mass is 207 g/mol. The highest BCUT2D eigenvalue weighted by Gasteiger charge is 2.16. The number of hydrogen-bond donors (Lipinski definition) is 1. The zero-order chi connectivity index (χ0) is 10.8. The molecule has 0 spiro atoms. The van der Waals surface area contributed by atoms with Crippen LogP contribution in [0.4, 0.5) is 0 Å². The third-order valence-electron chi connectivity index (χ3n) is 3.44. The summed E-state index contributed by atoms with van der Waals surface area (Å²) in [5.41, 5.74) is 7.69. The highest BCUT2D eigenvalue weighted by atomic mass is 15.5. The Morgan fingerprint density at radius 1 is 1.40 bits per heavy atom. The smallest absolute Gasteiger partial charge is 0.0531 e. The molecule has 0 aliphatic heterocycles. The van der Waals surface area contributed by atoms with Gasteiger partial charge >= 0.3 is 0 Å². The largest absolute Gasteiger partial charge is 0.350 e. The van der Waals surface area contributed by atoms with Gasteiger partial charge in [0.05, 0.1) is 6.54 Å². The van der Waals surface area contributed by atoms with Crippen molar-refractivity contribution >= 4 is 0 Å². The molecule has 3 heteroatoms. The summed E-state index contributed by atoms with van der Waals surface area (Å²) in [5.74, 6) is 0. The number of aromatic nitrogens is 1. The summed E-state index contributed by atoms with van der Waals surface area (Å²) in [6.45, 7) is 0.972. The normalized spacial score (nSPS) is 15.7. The molecule has 0 amide bonds. The predicted octanol–water partition coefficient (Wildman–Crippen LogP) is 1.47. The second kappa shape index (κ2) is 4.37. The van der Waals surface area contributed by atoms with Gasteiger partial charge in [0.1, 0.15) is 0 Å². The molecule has 15 heavy (non-hydrogen) atoms. The minimum absolute atomic E-state index is 0.972. The fraction of sp³-hybridized carbons (Fsp3) is 0.667. The molecule has 0 aromatic carbocycles. The van der Waals surface area contributed by atoms with Crippen molar-refractivity contribution in [1.29, 1.82) is 0 Å². The third kappa shape index (κ3) is 2.08. The number of fused-ring (bicyclic) bond motifs is 1. The highest BCUT2D eigenvalue weighted by molar-refractivity contribution is 5.30. The van der Waals surface area contributed by atoms with E-state index in [1.165, 1.54) is 31.4 Å². The van der Waals surface area contributed by atoms with Crippen LogP contribution in [-0.2, 0) is 26.4 Å². The lowest BCUT2D eigenvalue weighted by molar-refractivity contribution is 0.246. The van der Waals surface area contributed by atoms with Crippen molar-refractivity contribution in [2.75, 3.05) is 14.1 Å². The second-order valence-corrected chi connectivity index (χ2v) is 4.45. The summed E-state index contributed by atoms with van der Waals surface area (Å²) in [7, 11) is 6.23. The highest BCUT2D eigenvalue weighted by Crippen LogP contribution is 2.24. The molecule has 84 valence electrons. The van der Waals surface area contributed by atoms with Gasteiger partial charge in [0.2, 0.25) is 0 Å². The summed E-state index contributed by atoms with van der Waals surface area (Å²) >= 11 is 0. The van der Waals surface area contributed by atoms with Gasteiger partial charge in [-0.15, -0.1) is 0 Å². The van der Waals surface area contributed by atoms with Gasteiger partial charge in [-0.25, -0.2) is 5.01 Å². The van der Waals surface area contributed by atoms with Crippen molar-refractivity contribution < 1.29 is 0 Å². The van der Waals surface area contributed by atoms with Gasteiger partial charge in [-0.2, -0.15) is 0 Å². The van der Waals surface area contributed by atoms with Crippen molar-refractivity contribution in [2.45, 2.75) is 32.2 Å². The molecular weight excluding hydrogens is 186 g/mol. The van der Waals surface area contributed by atoms with E-state index in [0.717, 1.165) is 6.54 Å². The zero-order valence-corrected chi connectivity index (χ0v) is 10.0. The summed E-state index contributed by atoms with van der Waals surface area (Å²) in [4.78, 5) is 0. The number of nitrogens with zero attached hydrogens (tertiary/aromatic N) is 2. The fourth-order valence-corrected chi connectivity index (χ4v) is 2.40. The predicted molar refractivity (Wildman–Crippen MR) is 62.6 cm³/mol. The number of hydrazine groups is 1. The molecule has 0 saturated carbocycles. The quantitative estimate of drug-likeness (QED) is 0.757. The van der Waals surface area contributed by atoms with Gasteiger partial charge in [-0.3, -0.25) is 5.43 Å². The van der Waals surface area contributed by atoms with Gasteiger partial charge in [-0.05, 0) is 44.4 Å². The van der Waals surface area contributed by atoms with E-state index < -0.39 is 0 Å². The summed E-state index contributed by atoms with van der Waals surface area (Å²) in [5, 5.41) is 2.11. The Balaban J connectivity index is 2.21. The van der Waals surface area contributed by atoms with E-state index in [1.54, 1.807) is 11.3 Å². The first-order chi connectivity index (χ1) is 7.22. The van der Waals surface area contributed by atoms with E-state index in [2.05, 4.69) is 35.2 Å². The molecule has 0 radical (unpaired) electrons. The van der Waals surface area contributed by atoms with Crippen LogP contribution in [0.1, 0.15) is 29.8 Å². The minimum atomic E-state index is 0.972. The maximum atomic E-state index is 3.14. The van der Waals surface area contributed by atoms with Crippen LogP contribution in [-0.4, -0.2) is 23.7 Å². The molecule has 1 heterocycles. The Labute approximate surface area is 92.0 Å². The molecule has 0 saturated heterocycles. The van der Waals surface area contributed by atoms with Gasteiger partial charge in [0, 0.05) is 25.5 Å². The average molecular weight is 207 g/mol. The SMILES string of the molecule is CNN(C)Cc1cc2c(n1C)CCCC2. The van der Waals surface area contributed by atoms with Crippen LogP contribution >= 0.6 is 0 Å². The van der Waals surface area contributed by atoms with Crippen LogP contribution in [0.15, 0.2) is 6.07 Å². The molecule has 2 rings (SSSR count). The molecule has 0 fully saturated rings. The maximum Gasteiger partial charge on any atom is 0.0531 e. The van der Waals surface area contributed by atoms with Gasteiger partial charge in [-0.1, -0.05) is 0 Å². The number of nitrogens with one attached hydrogen (secondary N) is 1. The lowest BCUT2D eigenvalue weighted by Crippen LogP contribution is -2.30. The van der Waals surface area contributed by atoms with Crippen LogP contribution in [0.25, 0.3) is 0 Å². The maximum absolute atomic E-state index is 3.14. The van der Waals surface area contributed by atoms with Gasteiger partial charge < -0.3 is 4.57 Å². The summed E-state index contributed by atoms with van der Waals surface area (Å²) in [6.07, 6.45) is 5.24. The summed E-state index contributed by atoms with van der Waals surface area (Å²) in [6, 6.07) is 2.38. The van der Waals surface area contributed by atoms with E-state index >= 15 is 0 Å². The van der Waals surface area contributed by atoms with Crippen molar-refractivity contribution in [3.05, 3.63) is 23.0 Å². The van der Waals surface area contributed by atoms with Crippen LogP contribution < -0.4 is 5.43 Å². The first-order valence-electron chi connectivity index (χ1n) is 5.77. The van der Waals surface area contributed by atoms with E-state index in [0.29, 0.717) is 0 Å².